The maximum Gasteiger partial charge on any atom is 0.246 e. The molecule has 1 heterocycles. The van der Waals surface area contributed by atoms with Crippen LogP contribution in [0.4, 0.5) is 5.69 Å². The van der Waals surface area contributed by atoms with Gasteiger partial charge < -0.3 is 20.1 Å². The molecule has 1 aromatic carbocycles. The molecule has 0 radical (unpaired) electrons. The summed E-state index contributed by atoms with van der Waals surface area (Å²) in [7, 11) is 3.07. The lowest BCUT2D eigenvalue weighted by molar-refractivity contribution is -0.122. The summed E-state index contributed by atoms with van der Waals surface area (Å²) in [5, 5.41) is 5.36. The highest BCUT2D eigenvalue weighted by Crippen LogP contribution is 2.29. The molecule has 102 valence electrons. The van der Waals surface area contributed by atoms with E-state index in [1.165, 1.54) is 7.11 Å². The van der Waals surface area contributed by atoms with Gasteiger partial charge in [-0.05, 0) is 18.6 Å². The Kier molecular flexibility index (Phi) is 3.89. The minimum atomic E-state index is -0.458. The van der Waals surface area contributed by atoms with E-state index in [-0.39, 0.29) is 11.8 Å². The third kappa shape index (κ3) is 2.96. The Bertz CT molecular complexity index is 501. The van der Waals surface area contributed by atoms with Crippen LogP contribution < -0.4 is 20.1 Å². The Hall–Kier alpha value is -2.24. The van der Waals surface area contributed by atoms with Crippen molar-refractivity contribution < 1.29 is 19.1 Å². The lowest BCUT2D eigenvalue weighted by Gasteiger charge is -2.13. The van der Waals surface area contributed by atoms with Gasteiger partial charge >= 0.3 is 0 Å². The largest absolute Gasteiger partial charge is 0.493 e. The number of carbonyl (C=O) groups is 2. The monoisotopic (exact) mass is 264 g/mol. The number of hydrogen-bond acceptors (Lipinski definition) is 4. The number of amides is 2. The molecule has 0 unspecified atom stereocenters. The molecule has 0 aliphatic carbocycles. The van der Waals surface area contributed by atoms with E-state index in [4.69, 9.17) is 9.47 Å². The second-order valence-electron chi connectivity index (χ2n) is 4.22. The zero-order valence-corrected chi connectivity index (χ0v) is 10.9. The number of carbonyl (C=O) groups excluding carboxylic acids is 2. The van der Waals surface area contributed by atoms with Gasteiger partial charge in [0.05, 0.1) is 14.2 Å². The summed E-state index contributed by atoms with van der Waals surface area (Å²) in [6.07, 6.45) is 0.919. The van der Waals surface area contributed by atoms with E-state index >= 15 is 0 Å². The molecule has 2 amide bonds. The van der Waals surface area contributed by atoms with Crippen LogP contribution in [0.15, 0.2) is 18.2 Å². The van der Waals surface area contributed by atoms with Crippen LogP contribution in [0.1, 0.15) is 12.8 Å². The minimum absolute atomic E-state index is 0.0903. The average Bonchev–Trinajstić information content (AvgIpc) is 2.85. The molecule has 0 bridgehead atoms. The van der Waals surface area contributed by atoms with Gasteiger partial charge in [-0.1, -0.05) is 0 Å². The van der Waals surface area contributed by atoms with Crippen molar-refractivity contribution >= 4 is 17.5 Å². The Morgan fingerprint density at radius 1 is 1.32 bits per heavy atom. The molecule has 1 aliphatic heterocycles. The van der Waals surface area contributed by atoms with Gasteiger partial charge in [0, 0.05) is 18.2 Å². The van der Waals surface area contributed by atoms with Gasteiger partial charge in [0.15, 0.2) is 11.5 Å². The first-order valence-corrected chi connectivity index (χ1v) is 5.96. The molecule has 19 heavy (non-hydrogen) atoms. The number of methoxy groups -OCH3 is 2. The van der Waals surface area contributed by atoms with E-state index in [9.17, 15) is 9.59 Å². The van der Waals surface area contributed by atoms with Gasteiger partial charge in [0.25, 0.3) is 0 Å². The quantitative estimate of drug-likeness (QED) is 0.848. The lowest BCUT2D eigenvalue weighted by atomic mass is 10.2. The van der Waals surface area contributed by atoms with Crippen LogP contribution >= 0.6 is 0 Å². The molecule has 0 aromatic heterocycles. The van der Waals surface area contributed by atoms with Gasteiger partial charge in [0.2, 0.25) is 11.8 Å². The van der Waals surface area contributed by atoms with Crippen molar-refractivity contribution in [3.8, 4) is 11.5 Å². The molecule has 1 atom stereocenters. The average molecular weight is 264 g/mol. The van der Waals surface area contributed by atoms with E-state index in [1.807, 2.05) is 0 Å². The van der Waals surface area contributed by atoms with Gasteiger partial charge in [0.1, 0.15) is 6.04 Å². The Balaban J connectivity index is 2.06. The summed E-state index contributed by atoms with van der Waals surface area (Å²) in [6, 6.07) is 4.64. The van der Waals surface area contributed by atoms with E-state index in [1.54, 1.807) is 25.3 Å². The second-order valence-corrected chi connectivity index (χ2v) is 4.22. The number of rotatable bonds is 4. The molecule has 0 saturated carbocycles. The number of hydrogen-bond donors (Lipinski definition) is 2. The van der Waals surface area contributed by atoms with Crippen molar-refractivity contribution in [2.75, 3.05) is 19.5 Å². The lowest BCUT2D eigenvalue weighted by Crippen LogP contribution is -2.37. The van der Waals surface area contributed by atoms with Crippen molar-refractivity contribution in [1.82, 2.24) is 5.32 Å². The van der Waals surface area contributed by atoms with Crippen molar-refractivity contribution in [3.05, 3.63) is 18.2 Å². The molecule has 6 heteroatoms. The SMILES string of the molecule is COc1ccc(NC(=O)[C@@H]2CCC(=O)N2)cc1OC. The van der Waals surface area contributed by atoms with Gasteiger partial charge in [-0.25, -0.2) is 0 Å². The standard InChI is InChI=1S/C13H16N2O4/c1-18-10-5-3-8(7-11(10)19-2)14-13(17)9-4-6-12(16)15-9/h3,5,7,9H,4,6H2,1-2H3,(H,14,17)(H,15,16)/t9-/m0/s1. The predicted octanol–water partition coefficient (Wildman–Crippen LogP) is 0.921. The van der Waals surface area contributed by atoms with Crippen LogP contribution in [0, 0.1) is 0 Å². The van der Waals surface area contributed by atoms with Crippen molar-refractivity contribution in [3.63, 3.8) is 0 Å². The molecule has 2 rings (SSSR count). The van der Waals surface area contributed by atoms with Crippen molar-refractivity contribution in [1.29, 1.82) is 0 Å². The number of nitrogens with one attached hydrogen (secondary N) is 2. The van der Waals surface area contributed by atoms with E-state index in [0.29, 0.717) is 30.0 Å². The zero-order valence-electron chi connectivity index (χ0n) is 10.9. The topological polar surface area (TPSA) is 76.7 Å². The van der Waals surface area contributed by atoms with E-state index in [2.05, 4.69) is 10.6 Å². The van der Waals surface area contributed by atoms with Gasteiger partial charge in [-0.3, -0.25) is 9.59 Å². The maximum absolute atomic E-state index is 11.9. The Morgan fingerprint density at radius 2 is 2.05 bits per heavy atom. The minimum Gasteiger partial charge on any atom is -0.493 e. The number of benzene rings is 1. The number of ether oxygens (including phenoxy) is 2. The highest BCUT2D eigenvalue weighted by atomic mass is 16.5. The Morgan fingerprint density at radius 3 is 2.63 bits per heavy atom. The molecule has 2 N–H and O–H groups in total. The van der Waals surface area contributed by atoms with Crippen molar-refractivity contribution in [2.45, 2.75) is 18.9 Å². The van der Waals surface area contributed by atoms with Crippen LogP contribution in [0.5, 0.6) is 11.5 Å². The molecule has 6 nitrogen and oxygen atoms in total. The smallest absolute Gasteiger partial charge is 0.246 e. The van der Waals surface area contributed by atoms with Crippen LogP contribution in [-0.4, -0.2) is 32.1 Å². The highest BCUT2D eigenvalue weighted by Gasteiger charge is 2.27. The summed E-state index contributed by atoms with van der Waals surface area (Å²) in [5.74, 6) is 0.816. The Labute approximate surface area is 111 Å². The third-order valence-electron chi connectivity index (χ3n) is 2.96. The third-order valence-corrected chi connectivity index (χ3v) is 2.96. The molecule has 1 aromatic rings. The molecule has 0 spiro atoms. The fourth-order valence-corrected chi connectivity index (χ4v) is 1.95. The predicted molar refractivity (Wildman–Crippen MR) is 69.3 cm³/mol. The second kappa shape index (κ2) is 5.60. The van der Waals surface area contributed by atoms with Crippen LogP contribution in [0.3, 0.4) is 0 Å². The highest BCUT2D eigenvalue weighted by molar-refractivity contribution is 5.99. The van der Waals surface area contributed by atoms with Crippen LogP contribution in [-0.2, 0) is 9.59 Å². The summed E-state index contributed by atoms with van der Waals surface area (Å²) >= 11 is 0. The summed E-state index contributed by atoms with van der Waals surface area (Å²) < 4.78 is 10.3. The fourth-order valence-electron chi connectivity index (χ4n) is 1.95. The fraction of sp³-hybridized carbons (Fsp3) is 0.385. The summed E-state index contributed by atoms with van der Waals surface area (Å²) in [4.78, 5) is 23.0. The normalized spacial score (nSPS) is 17.8. The molecular weight excluding hydrogens is 248 g/mol. The van der Waals surface area contributed by atoms with E-state index in [0.717, 1.165) is 0 Å². The first-order chi connectivity index (χ1) is 9.13. The first-order valence-electron chi connectivity index (χ1n) is 5.96. The molecule has 1 fully saturated rings. The first kappa shape index (κ1) is 13.2. The van der Waals surface area contributed by atoms with Gasteiger partial charge in [-0.15, -0.1) is 0 Å². The zero-order chi connectivity index (χ0) is 13.8. The van der Waals surface area contributed by atoms with Gasteiger partial charge in [-0.2, -0.15) is 0 Å². The van der Waals surface area contributed by atoms with E-state index < -0.39 is 6.04 Å². The molecular formula is C13H16N2O4. The van der Waals surface area contributed by atoms with Crippen molar-refractivity contribution in [2.24, 2.45) is 0 Å². The molecule has 1 aliphatic rings. The summed E-state index contributed by atoms with van der Waals surface area (Å²) in [5.41, 5.74) is 0.601. The number of anilines is 1. The van der Waals surface area contributed by atoms with Crippen LogP contribution in [0.2, 0.25) is 0 Å². The maximum atomic E-state index is 11.9. The molecule has 1 saturated heterocycles. The summed E-state index contributed by atoms with van der Waals surface area (Å²) in [6.45, 7) is 0. The van der Waals surface area contributed by atoms with Crippen LogP contribution in [0.25, 0.3) is 0 Å².